The molecule has 0 spiro atoms. The number of carbonyl (C=O) groups excluding carboxylic acids is 2. The molecule has 0 unspecified atom stereocenters. The minimum atomic E-state index is -5.46. The van der Waals surface area contributed by atoms with Crippen LogP contribution >= 0.6 is 0 Å². The van der Waals surface area contributed by atoms with E-state index in [4.69, 9.17) is 37.9 Å². The first-order chi connectivity index (χ1) is 34.2. The molecule has 0 aliphatic carbocycles. The summed E-state index contributed by atoms with van der Waals surface area (Å²) in [7, 11) is -16.3. The third-order valence-electron chi connectivity index (χ3n) is 11.4. The Balaban J connectivity index is 1.78. The summed E-state index contributed by atoms with van der Waals surface area (Å²) in [6.07, 6.45) is -49.0. The van der Waals surface area contributed by atoms with E-state index in [0.29, 0.717) is 0 Å². The number of hydrogen-bond acceptors (Lipinski definition) is 32. The van der Waals surface area contributed by atoms with E-state index in [1.807, 2.05) is 0 Å². The van der Waals surface area contributed by atoms with Gasteiger partial charge in [0, 0.05) is 13.8 Å². The molecule has 0 bridgehead atoms. The number of hydrogen-bond donors (Lipinski definition) is 18. The third-order valence-corrected chi connectivity index (χ3v) is 12.7. The fourth-order valence-corrected chi connectivity index (χ4v) is 8.77. The lowest BCUT2D eigenvalue weighted by Gasteiger charge is -2.50. The smallest absolute Gasteiger partial charge is 0.394 e. The molecule has 0 saturated carbocycles. The lowest BCUT2D eigenvalue weighted by molar-refractivity contribution is -0.378. The van der Waals surface area contributed by atoms with Crippen molar-refractivity contribution in [1.29, 1.82) is 0 Å². The molecule has 24 atom stereocenters. The van der Waals surface area contributed by atoms with Crippen molar-refractivity contribution in [2.45, 2.75) is 161 Å². The average Bonchev–Trinajstić information content (AvgIpc) is 3.30. The predicted octanol–water partition coefficient (Wildman–Crippen LogP) is -12.5. The van der Waals surface area contributed by atoms with Crippen LogP contribution < -0.4 is 10.6 Å². The molecule has 4 heterocycles. The second-order valence-electron chi connectivity index (χ2n) is 16.8. The number of carbonyl (C=O) groups is 2. The molecule has 0 aromatic carbocycles. The number of ether oxygens (including phenoxy) is 8. The minimum Gasteiger partial charge on any atom is -0.394 e. The fourth-order valence-electron chi connectivity index (χ4n) is 7.85. The van der Waals surface area contributed by atoms with Crippen LogP contribution in [-0.2, 0) is 91.2 Å². The van der Waals surface area contributed by atoms with Gasteiger partial charge in [0.2, 0.25) is 11.8 Å². The van der Waals surface area contributed by atoms with Gasteiger partial charge in [0.15, 0.2) is 25.2 Å². The second-order valence-corrected chi connectivity index (χ2v) is 20.0. The summed E-state index contributed by atoms with van der Waals surface area (Å²) < 4.78 is 157. The van der Waals surface area contributed by atoms with E-state index in [1.54, 1.807) is 0 Å². The van der Waals surface area contributed by atoms with Crippen LogP contribution in [0.2, 0.25) is 0 Å². The van der Waals surface area contributed by atoms with Gasteiger partial charge in [0.25, 0.3) is 0 Å². The Morgan fingerprint density at radius 1 is 0.486 bits per heavy atom. The normalized spacial score (nSPS) is 39.1. The molecule has 4 aliphatic rings. The van der Waals surface area contributed by atoms with E-state index in [1.165, 1.54) is 0 Å². The van der Waals surface area contributed by atoms with Gasteiger partial charge in [0.1, 0.15) is 122 Å². The molecule has 4 rings (SSSR count). The Morgan fingerprint density at radius 3 is 1.31 bits per heavy atom. The van der Waals surface area contributed by atoms with Gasteiger partial charge >= 0.3 is 31.2 Å². The summed E-state index contributed by atoms with van der Waals surface area (Å²) in [5, 5.41) is 142. The van der Waals surface area contributed by atoms with Gasteiger partial charge in [-0.25, -0.2) is 12.5 Å². The number of nitrogens with one attached hydrogen (secondary N) is 2. The molecule has 4 saturated heterocycles. The molecule has 4 fully saturated rings. The van der Waals surface area contributed by atoms with Crippen LogP contribution in [0.4, 0.5) is 0 Å². The van der Waals surface area contributed by atoms with Gasteiger partial charge in [-0.2, -0.15) is 25.3 Å². The van der Waals surface area contributed by atoms with Crippen molar-refractivity contribution in [2.24, 2.45) is 0 Å². The van der Waals surface area contributed by atoms with Crippen LogP contribution in [0.3, 0.4) is 0 Å². The minimum absolute atomic E-state index is 0.856. The van der Waals surface area contributed by atoms with Gasteiger partial charge in [-0.15, -0.1) is 0 Å². The summed E-state index contributed by atoms with van der Waals surface area (Å²) in [5.74, 6) is -2.05. The highest BCUT2D eigenvalue weighted by Gasteiger charge is 2.57. The summed E-state index contributed by atoms with van der Waals surface area (Å²) in [5.41, 5.74) is 0. The topological polar surface area (TPSA) is 586 Å². The zero-order chi connectivity index (χ0) is 55.9. The summed E-state index contributed by atoms with van der Waals surface area (Å²) in [6, 6.07) is -4.10. The molecule has 0 aromatic heterocycles. The third kappa shape index (κ3) is 17.4. The van der Waals surface area contributed by atoms with E-state index in [2.05, 4.69) is 23.2 Å². The Bertz CT molecular complexity index is 2150. The first-order valence-electron chi connectivity index (χ1n) is 21.5. The van der Waals surface area contributed by atoms with Crippen molar-refractivity contribution < 1.29 is 165 Å². The number of rotatable bonds is 25. The van der Waals surface area contributed by atoms with Crippen molar-refractivity contribution in [2.75, 3.05) is 39.6 Å². The maximum Gasteiger partial charge on any atom is 0.397 e. The Labute approximate surface area is 418 Å². The molecule has 18 N–H and O–H groups in total. The Hall–Kier alpha value is -2.29. The lowest BCUT2D eigenvalue weighted by atomic mass is 9.94. The molecule has 434 valence electrons. The molecule has 37 nitrogen and oxygen atoms in total. The maximum atomic E-state index is 12.6. The second kappa shape index (κ2) is 27.0. The molecule has 0 aromatic rings. The summed E-state index contributed by atoms with van der Waals surface area (Å²) in [4.78, 5) is 25.0. The fraction of sp³-hybridized carbons (Fsp3) is 0.941. The van der Waals surface area contributed by atoms with Crippen LogP contribution in [0.1, 0.15) is 13.8 Å². The molecule has 4 aliphatic heterocycles. The van der Waals surface area contributed by atoms with Crippen LogP contribution in [0.25, 0.3) is 0 Å². The van der Waals surface area contributed by atoms with E-state index in [0.717, 1.165) is 13.8 Å². The molecule has 2 amide bonds. The molecule has 74 heavy (non-hydrogen) atoms. The van der Waals surface area contributed by atoms with Crippen molar-refractivity contribution >= 4 is 43.0 Å². The number of aliphatic hydroxyl groups is 13. The maximum absolute atomic E-state index is 12.6. The van der Waals surface area contributed by atoms with Gasteiger partial charge in [-0.1, -0.05) is 0 Å². The van der Waals surface area contributed by atoms with Crippen molar-refractivity contribution in [3.63, 3.8) is 0 Å². The van der Waals surface area contributed by atoms with Gasteiger partial charge in [-0.05, 0) is 0 Å². The highest BCUT2D eigenvalue weighted by molar-refractivity contribution is 7.81. The largest absolute Gasteiger partial charge is 0.397 e. The van der Waals surface area contributed by atoms with Crippen molar-refractivity contribution in [3.05, 3.63) is 0 Å². The summed E-state index contributed by atoms with van der Waals surface area (Å²) in [6.45, 7) is -5.93. The van der Waals surface area contributed by atoms with Crippen LogP contribution in [-0.4, -0.2) is 304 Å². The van der Waals surface area contributed by atoms with Crippen LogP contribution in [0.15, 0.2) is 0 Å². The first-order valence-corrected chi connectivity index (χ1v) is 25.6. The van der Waals surface area contributed by atoms with Crippen molar-refractivity contribution in [1.82, 2.24) is 10.6 Å². The van der Waals surface area contributed by atoms with Crippen molar-refractivity contribution in [3.8, 4) is 0 Å². The van der Waals surface area contributed by atoms with E-state index in [9.17, 15) is 115 Å². The average molecular weight is 1150 g/mol. The first kappa shape index (κ1) is 64.2. The highest BCUT2D eigenvalue weighted by atomic mass is 32.3. The number of aliphatic hydroxyl groups excluding tert-OH is 13. The predicted molar refractivity (Wildman–Crippen MR) is 223 cm³/mol. The molecular formula is C34H60N2O35S3. The van der Waals surface area contributed by atoms with Gasteiger partial charge in [0.05, 0.1) is 39.6 Å². The van der Waals surface area contributed by atoms with E-state index >= 15 is 0 Å². The van der Waals surface area contributed by atoms with Crippen LogP contribution in [0.5, 0.6) is 0 Å². The Kier molecular flexibility index (Phi) is 23.5. The molecule has 40 heteroatoms. The monoisotopic (exact) mass is 1150 g/mol. The summed E-state index contributed by atoms with van der Waals surface area (Å²) >= 11 is 0. The van der Waals surface area contributed by atoms with Gasteiger partial charge in [-0.3, -0.25) is 23.2 Å². The van der Waals surface area contributed by atoms with Gasteiger partial charge < -0.3 is 115 Å². The zero-order valence-corrected chi connectivity index (χ0v) is 40.7. The zero-order valence-electron chi connectivity index (χ0n) is 38.2. The Morgan fingerprint density at radius 2 is 0.878 bits per heavy atom. The number of amides is 2. The van der Waals surface area contributed by atoms with Crippen LogP contribution in [0, 0.1) is 0 Å². The standard InChI is InChI=1S/C34H60N2O35S3/c1-9(40)35-17-22(47)29(16(8-63-74(58,59)60)66-31(17)68-27(12(43)4-38)19(44)11(42)3-37)70-34-26(51)30(21(46)14(65-34)6-61-72(52,53)54)71-32-18(36-10(2)41)23(48)28(15(67-32)7-62-73(55,56)57)69-33-25(50)24(49)20(45)13(5-39)64-33/h11-34,37-39,42-51H,3-8H2,1-2H3,(H,35,40)(H,36,41)(H,52,53,54)(H,55,56,57)(H,58,59,60)/t11-,12+,13-,14-,15-,16-,17-,18-,19+,20+,21+,22-,23-,24+,25-,26-,27-,28-,29-,30+,31+,32+,33+,34+/m1/s1. The quantitative estimate of drug-likeness (QED) is 0.0378. The molecular weight excluding hydrogens is 1090 g/mol. The SMILES string of the molecule is CC(=O)N[C@H]1[C@H](O[C@H]2[C@@H](O)[C@@H](COS(=O)(=O)O)O[C@@H](O[C@H]3[C@H](O)[C@@H](NC(C)=O)[C@H](O[C@@H]([C@@H](O)[C@H](O)CO)[C@@H](O)CO)O[C@@H]3COS(=O)(=O)O)[C@@H]2O)O[C@H](COS(=O)(=O)O)[C@@H](O[C@@H]2O[C@H](CO)[C@H](O)[C@H](O)[C@H]2O)[C@@H]1O. The molecule has 0 radical (unpaired) electrons. The lowest BCUT2D eigenvalue weighted by Crippen LogP contribution is -2.70. The van der Waals surface area contributed by atoms with E-state index < -0.39 is 230 Å². The van der Waals surface area contributed by atoms with E-state index in [-0.39, 0.29) is 0 Å². The highest BCUT2D eigenvalue weighted by Crippen LogP contribution is 2.36.